The molecule has 0 bridgehead atoms. The fourth-order valence-electron chi connectivity index (χ4n) is 2.29. The van der Waals surface area contributed by atoms with Crippen molar-refractivity contribution >= 4 is 23.1 Å². The summed E-state index contributed by atoms with van der Waals surface area (Å²) >= 11 is 0. The molecule has 3 aromatic rings. The molecule has 0 saturated heterocycles. The Morgan fingerprint density at radius 3 is 2.80 bits per heavy atom. The Hall–Kier alpha value is -3.41. The fraction of sp³-hybridized carbons (Fsp3) is 0.105. The zero-order chi connectivity index (χ0) is 17.6. The number of carbonyl (C=O) groups excluding carboxylic acids is 1. The summed E-state index contributed by atoms with van der Waals surface area (Å²) in [5.74, 6) is 0.0430. The lowest BCUT2D eigenvalue weighted by Gasteiger charge is -2.06. The third-order valence-corrected chi connectivity index (χ3v) is 3.50. The number of fused-ring (bicyclic) bond motifs is 1. The average molecular weight is 336 g/mol. The third kappa shape index (κ3) is 4.32. The van der Waals surface area contributed by atoms with Crippen LogP contribution in [0, 0.1) is 6.92 Å². The Kier molecular flexibility index (Phi) is 4.89. The van der Waals surface area contributed by atoms with Crippen LogP contribution in [0.5, 0.6) is 5.75 Å². The lowest BCUT2D eigenvalue weighted by molar-refractivity contribution is -0.123. The van der Waals surface area contributed by atoms with E-state index in [9.17, 15) is 9.59 Å². The van der Waals surface area contributed by atoms with Gasteiger partial charge in [0.2, 0.25) is 0 Å². The Balaban J connectivity index is 1.59. The number of benzene rings is 2. The Morgan fingerprint density at radius 1 is 1.20 bits per heavy atom. The topological polar surface area (TPSA) is 80.9 Å². The van der Waals surface area contributed by atoms with Crippen molar-refractivity contribution in [2.45, 2.75) is 6.92 Å². The maximum atomic E-state index is 11.8. The molecule has 126 valence electrons. The molecule has 6 heteroatoms. The fourth-order valence-corrected chi connectivity index (χ4v) is 2.29. The monoisotopic (exact) mass is 336 g/mol. The first-order chi connectivity index (χ1) is 12.1. The van der Waals surface area contributed by atoms with E-state index >= 15 is 0 Å². The van der Waals surface area contributed by atoms with Crippen LogP contribution in [0.3, 0.4) is 0 Å². The maximum Gasteiger partial charge on any atom is 0.336 e. The quantitative estimate of drug-likeness (QED) is 0.441. The van der Waals surface area contributed by atoms with E-state index < -0.39 is 11.5 Å². The van der Waals surface area contributed by atoms with E-state index in [0.29, 0.717) is 11.3 Å². The van der Waals surface area contributed by atoms with Gasteiger partial charge < -0.3 is 9.15 Å². The first kappa shape index (κ1) is 16.4. The molecule has 0 aliphatic carbocycles. The highest BCUT2D eigenvalue weighted by atomic mass is 16.5. The molecular formula is C19H16N2O4. The minimum absolute atomic E-state index is 0.201. The Morgan fingerprint density at radius 2 is 2.00 bits per heavy atom. The van der Waals surface area contributed by atoms with Crippen molar-refractivity contribution in [3.8, 4) is 5.75 Å². The summed E-state index contributed by atoms with van der Waals surface area (Å²) in [5, 5.41) is 4.69. The van der Waals surface area contributed by atoms with Gasteiger partial charge in [0.05, 0.1) is 6.21 Å². The summed E-state index contributed by atoms with van der Waals surface area (Å²) in [6.45, 7) is 1.63. The standard InChI is InChI=1S/C19H16N2O4/c1-13-9-19(23)25-17-10-15(7-8-16(13)17)24-12-18(22)21-20-11-14-5-3-2-4-6-14/h2-11H,12H2,1H3,(H,21,22). The number of hydrazone groups is 1. The zero-order valence-electron chi connectivity index (χ0n) is 13.6. The van der Waals surface area contributed by atoms with Gasteiger partial charge in [0.1, 0.15) is 11.3 Å². The molecule has 25 heavy (non-hydrogen) atoms. The van der Waals surface area contributed by atoms with E-state index in [1.165, 1.54) is 6.07 Å². The molecule has 0 unspecified atom stereocenters. The molecule has 1 aromatic heterocycles. The normalized spacial score (nSPS) is 10.9. The summed E-state index contributed by atoms with van der Waals surface area (Å²) in [6, 6.07) is 15.9. The van der Waals surface area contributed by atoms with E-state index in [4.69, 9.17) is 9.15 Å². The van der Waals surface area contributed by atoms with Gasteiger partial charge in [0.25, 0.3) is 5.91 Å². The molecule has 0 aliphatic heterocycles. The molecule has 3 rings (SSSR count). The van der Waals surface area contributed by atoms with Crippen LogP contribution in [-0.2, 0) is 4.79 Å². The van der Waals surface area contributed by atoms with Crippen molar-refractivity contribution in [1.82, 2.24) is 5.43 Å². The van der Waals surface area contributed by atoms with Gasteiger partial charge in [-0.2, -0.15) is 5.10 Å². The van der Waals surface area contributed by atoms with Gasteiger partial charge in [-0.05, 0) is 30.2 Å². The zero-order valence-corrected chi connectivity index (χ0v) is 13.6. The van der Waals surface area contributed by atoms with Crippen LogP contribution >= 0.6 is 0 Å². The second-order valence-electron chi connectivity index (χ2n) is 5.40. The smallest absolute Gasteiger partial charge is 0.336 e. The lowest BCUT2D eigenvalue weighted by atomic mass is 10.1. The first-order valence-electron chi connectivity index (χ1n) is 7.66. The molecule has 0 fully saturated rings. The summed E-state index contributed by atoms with van der Waals surface area (Å²) < 4.78 is 10.6. The van der Waals surface area contributed by atoms with E-state index in [1.54, 1.807) is 24.4 Å². The second kappa shape index (κ2) is 7.44. The third-order valence-electron chi connectivity index (χ3n) is 3.50. The van der Waals surface area contributed by atoms with Gasteiger partial charge in [-0.1, -0.05) is 30.3 Å². The lowest BCUT2D eigenvalue weighted by Crippen LogP contribution is -2.24. The average Bonchev–Trinajstić information content (AvgIpc) is 2.60. The van der Waals surface area contributed by atoms with Crippen molar-refractivity contribution in [3.63, 3.8) is 0 Å². The van der Waals surface area contributed by atoms with Gasteiger partial charge in [0.15, 0.2) is 6.61 Å². The van der Waals surface area contributed by atoms with Crippen LogP contribution in [0.2, 0.25) is 0 Å². The van der Waals surface area contributed by atoms with Gasteiger partial charge in [-0.3, -0.25) is 4.79 Å². The number of aryl methyl sites for hydroxylation is 1. The van der Waals surface area contributed by atoms with E-state index in [2.05, 4.69) is 10.5 Å². The van der Waals surface area contributed by atoms with Crippen LogP contribution in [0.25, 0.3) is 11.0 Å². The van der Waals surface area contributed by atoms with Crippen LogP contribution in [0.4, 0.5) is 0 Å². The molecule has 1 heterocycles. The largest absolute Gasteiger partial charge is 0.484 e. The minimum atomic E-state index is -0.421. The van der Waals surface area contributed by atoms with E-state index in [0.717, 1.165) is 16.5 Å². The summed E-state index contributed by atoms with van der Waals surface area (Å²) in [4.78, 5) is 23.2. The van der Waals surface area contributed by atoms with Gasteiger partial charge in [0, 0.05) is 17.5 Å². The molecule has 0 atom stereocenters. The van der Waals surface area contributed by atoms with E-state index in [-0.39, 0.29) is 6.61 Å². The summed E-state index contributed by atoms with van der Waals surface area (Å²) in [5.41, 5.74) is 4.09. The van der Waals surface area contributed by atoms with Crippen LogP contribution in [-0.4, -0.2) is 18.7 Å². The number of ether oxygens (including phenoxy) is 1. The van der Waals surface area contributed by atoms with Crippen molar-refractivity contribution in [2.24, 2.45) is 5.10 Å². The molecule has 1 amide bonds. The maximum absolute atomic E-state index is 11.8. The molecular weight excluding hydrogens is 320 g/mol. The minimum Gasteiger partial charge on any atom is -0.484 e. The number of rotatable bonds is 5. The van der Waals surface area contributed by atoms with Crippen LogP contribution in [0.15, 0.2) is 68.9 Å². The SMILES string of the molecule is Cc1cc(=O)oc2cc(OCC(=O)NN=Cc3ccccc3)ccc12. The molecule has 2 aromatic carbocycles. The number of hydrogen-bond acceptors (Lipinski definition) is 5. The number of carbonyl (C=O) groups is 1. The molecule has 6 nitrogen and oxygen atoms in total. The molecule has 0 spiro atoms. The number of nitrogens with zero attached hydrogens (tertiary/aromatic N) is 1. The molecule has 0 aliphatic rings. The van der Waals surface area contributed by atoms with Gasteiger partial charge >= 0.3 is 5.63 Å². The second-order valence-corrected chi connectivity index (χ2v) is 5.40. The summed E-state index contributed by atoms with van der Waals surface area (Å²) in [7, 11) is 0. The molecule has 1 N–H and O–H groups in total. The van der Waals surface area contributed by atoms with Crippen molar-refractivity contribution in [1.29, 1.82) is 0 Å². The Labute approximate surface area is 143 Å². The van der Waals surface area contributed by atoms with Gasteiger partial charge in [-0.25, -0.2) is 10.2 Å². The first-order valence-corrected chi connectivity index (χ1v) is 7.66. The Bertz CT molecular complexity index is 978. The highest BCUT2D eigenvalue weighted by molar-refractivity contribution is 5.83. The van der Waals surface area contributed by atoms with Crippen molar-refractivity contribution in [3.05, 3.63) is 76.1 Å². The predicted octanol–water partition coefficient (Wildman–Crippen LogP) is 2.63. The number of amides is 1. The number of nitrogens with one attached hydrogen (secondary N) is 1. The highest BCUT2D eigenvalue weighted by Gasteiger charge is 2.06. The van der Waals surface area contributed by atoms with E-state index in [1.807, 2.05) is 37.3 Å². The van der Waals surface area contributed by atoms with Crippen LogP contribution < -0.4 is 15.8 Å². The van der Waals surface area contributed by atoms with Crippen molar-refractivity contribution < 1.29 is 13.9 Å². The molecule has 0 saturated carbocycles. The van der Waals surface area contributed by atoms with Gasteiger partial charge in [-0.15, -0.1) is 0 Å². The molecule has 0 radical (unpaired) electrons. The number of hydrogen-bond donors (Lipinski definition) is 1. The van der Waals surface area contributed by atoms with Crippen molar-refractivity contribution in [2.75, 3.05) is 6.61 Å². The predicted molar refractivity (Wildman–Crippen MR) is 94.9 cm³/mol. The van der Waals surface area contributed by atoms with Crippen LogP contribution in [0.1, 0.15) is 11.1 Å². The summed E-state index contributed by atoms with van der Waals surface area (Å²) in [6.07, 6.45) is 1.55. The highest BCUT2D eigenvalue weighted by Crippen LogP contribution is 2.22.